The minimum atomic E-state index is -3.43. The zero-order valence-electron chi connectivity index (χ0n) is 17.9. The summed E-state index contributed by atoms with van der Waals surface area (Å²) in [6.45, 7) is 9.43. The molecule has 0 spiro atoms. The number of hydrogen-bond donors (Lipinski definition) is 2. The molecule has 9 heteroatoms. The number of nitrogens with zero attached hydrogens (tertiary/aromatic N) is 2. The van der Waals surface area contributed by atoms with E-state index < -0.39 is 10.0 Å². The van der Waals surface area contributed by atoms with Crippen molar-refractivity contribution in [2.75, 3.05) is 32.8 Å². The first-order valence-corrected chi connectivity index (χ1v) is 12.9. The predicted octanol–water partition coefficient (Wildman–Crippen LogP) is 3.18. The fraction of sp³-hybridized carbons (Fsp3) is 0.750. The molecule has 1 atom stereocenters. The Morgan fingerprint density at radius 3 is 2.69 bits per heavy atom. The van der Waals surface area contributed by atoms with Crippen LogP contribution in [0.2, 0.25) is 0 Å². The van der Waals surface area contributed by atoms with Crippen molar-refractivity contribution in [3.8, 4) is 0 Å². The summed E-state index contributed by atoms with van der Waals surface area (Å²) in [5, 5.41) is 6.73. The molecule has 2 rings (SSSR count). The third-order valence-corrected chi connectivity index (χ3v) is 8.25. The number of aliphatic imine (C=N–C) groups is 1. The molecule has 1 aliphatic rings. The van der Waals surface area contributed by atoms with E-state index in [2.05, 4.69) is 29.5 Å². The van der Waals surface area contributed by atoms with Crippen LogP contribution in [-0.4, -0.2) is 57.6 Å². The van der Waals surface area contributed by atoms with Gasteiger partial charge in [0.05, 0.1) is 19.8 Å². The second kappa shape index (κ2) is 12.5. The third-order valence-electron chi connectivity index (χ3n) is 4.81. The van der Waals surface area contributed by atoms with Crippen LogP contribution in [0.3, 0.4) is 0 Å². The number of morpholine rings is 1. The number of thiophene rings is 1. The Hall–Kier alpha value is -1.16. The number of ether oxygens (including phenoxy) is 1. The van der Waals surface area contributed by atoms with Crippen LogP contribution in [-0.2, 0) is 21.3 Å². The Morgan fingerprint density at radius 1 is 1.24 bits per heavy atom. The van der Waals surface area contributed by atoms with Crippen LogP contribution >= 0.6 is 11.3 Å². The highest BCUT2D eigenvalue weighted by Crippen LogP contribution is 2.26. The highest BCUT2D eigenvalue weighted by Gasteiger charge is 2.27. The standard InChI is InChI=1S/C20H36N4O3S2/c1-4-6-7-8-9-17(3)23-20(21-5-2)22-16-18-10-11-19(28-18)29(25,26)24-12-14-27-15-13-24/h10-11,17H,4-9,12-16H2,1-3H3,(H2,21,22,23). The van der Waals surface area contributed by atoms with Crippen LogP contribution in [0, 0.1) is 0 Å². The average Bonchev–Trinajstić information content (AvgIpc) is 3.20. The molecule has 2 N–H and O–H groups in total. The van der Waals surface area contributed by atoms with Gasteiger partial charge in [-0.15, -0.1) is 11.3 Å². The number of hydrogen-bond acceptors (Lipinski definition) is 5. The monoisotopic (exact) mass is 444 g/mol. The molecule has 0 aromatic carbocycles. The van der Waals surface area contributed by atoms with E-state index >= 15 is 0 Å². The molecule has 1 aromatic heterocycles. The van der Waals surface area contributed by atoms with Crippen LogP contribution in [0.5, 0.6) is 0 Å². The Labute approximate surface area is 180 Å². The molecule has 0 amide bonds. The maximum Gasteiger partial charge on any atom is 0.252 e. The second-order valence-electron chi connectivity index (χ2n) is 7.33. The largest absolute Gasteiger partial charge is 0.379 e. The molecule has 1 aromatic rings. The molecule has 1 fully saturated rings. The Bertz CT molecular complexity index is 728. The summed E-state index contributed by atoms with van der Waals surface area (Å²) in [7, 11) is -3.43. The van der Waals surface area contributed by atoms with E-state index in [1.165, 1.54) is 41.3 Å². The predicted molar refractivity (Wildman–Crippen MR) is 120 cm³/mol. The molecule has 0 saturated carbocycles. The van der Waals surface area contributed by atoms with Gasteiger partial charge in [-0.2, -0.15) is 4.31 Å². The molecule has 2 heterocycles. The molecular weight excluding hydrogens is 408 g/mol. The topological polar surface area (TPSA) is 83.0 Å². The van der Waals surface area contributed by atoms with Gasteiger partial charge in [-0.25, -0.2) is 13.4 Å². The van der Waals surface area contributed by atoms with Gasteiger partial charge in [0.2, 0.25) is 0 Å². The highest BCUT2D eigenvalue weighted by atomic mass is 32.2. The van der Waals surface area contributed by atoms with Crippen molar-refractivity contribution in [3.63, 3.8) is 0 Å². The van der Waals surface area contributed by atoms with Gasteiger partial charge in [-0.3, -0.25) is 0 Å². The van der Waals surface area contributed by atoms with Crippen LogP contribution < -0.4 is 10.6 Å². The van der Waals surface area contributed by atoms with Gasteiger partial charge in [0.25, 0.3) is 10.0 Å². The first-order chi connectivity index (χ1) is 14.0. The van der Waals surface area contributed by atoms with Gasteiger partial charge in [0, 0.05) is 30.6 Å². The summed E-state index contributed by atoms with van der Waals surface area (Å²) in [5.41, 5.74) is 0. The second-order valence-corrected chi connectivity index (χ2v) is 10.7. The lowest BCUT2D eigenvalue weighted by Gasteiger charge is -2.25. The lowest BCUT2D eigenvalue weighted by molar-refractivity contribution is 0.0731. The van der Waals surface area contributed by atoms with E-state index in [9.17, 15) is 8.42 Å². The summed E-state index contributed by atoms with van der Waals surface area (Å²) in [6, 6.07) is 3.90. The van der Waals surface area contributed by atoms with E-state index in [4.69, 9.17) is 4.74 Å². The quantitative estimate of drug-likeness (QED) is 0.311. The molecule has 0 bridgehead atoms. The van der Waals surface area contributed by atoms with Gasteiger partial charge < -0.3 is 15.4 Å². The first kappa shape index (κ1) is 24.1. The Kier molecular flexibility index (Phi) is 10.4. The molecule has 0 radical (unpaired) electrons. The average molecular weight is 445 g/mol. The Morgan fingerprint density at radius 2 is 2.00 bits per heavy atom. The molecule has 7 nitrogen and oxygen atoms in total. The lowest BCUT2D eigenvalue weighted by Crippen LogP contribution is -2.42. The fourth-order valence-electron chi connectivity index (χ4n) is 3.16. The van der Waals surface area contributed by atoms with Crippen molar-refractivity contribution < 1.29 is 13.2 Å². The van der Waals surface area contributed by atoms with Crippen molar-refractivity contribution in [2.24, 2.45) is 4.99 Å². The molecule has 29 heavy (non-hydrogen) atoms. The minimum absolute atomic E-state index is 0.352. The van der Waals surface area contributed by atoms with Gasteiger partial charge in [-0.1, -0.05) is 32.6 Å². The molecule has 1 saturated heterocycles. The minimum Gasteiger partial charge on any atom is -0.379 e. The molecule has 0 aliphatic carbocycles. The first-order valence-electron chi connectivity index (χ1n) is 10.7. The van der Waals surface area contributed by atoms with E-state index in [-0.39, 0.29) is 0 Å². The van der Waals surface area contributed by atoms with E-state index in [1.54, 1.807) is 6.07 Å². The van der Waals surface area contributed by atoms with Crippen LogP contribution in [0.25, 0.3) is 0 Å². The van der Waals surface area contributed by atoms with Gasteiger partial charge >= 0.3 is 0 Å². The number of nitrogens with one attached hydrogen (secondary N) is 2. The zero-order valence-corrected chi connectivity index (χ0v) is 19.6. The van der Waals surface area contributed by atoms with Crippen molar-refractivity contribution in [1.82, 2.24) is 14.9 Å². The van der Waals surface area contributed by atoms with Crippen molar-refractivity contribution in [1.29, 1.82) is 0 Å². The summed E-state index contributed by atoms with van der Waals surface area (Å²) in [6.07, 6.45) is 6.14. The number of sulfonamides is 1. The van der Waals surface area contributed by atoms with E-state index in [1.807, 2.05) is 13.0 Å². The maximum absolute atomic E-state index is 12.8. The fourth-order valence-corrected chi connectivity index (χ4v) is 6.00. The van der Waals surface area contributed by atoms with Crippen LogP contribution in [0.15, 0.2) is 21.3 Å². The van der Waals surface area contributed by atoms with Gasteiger partial charge in [0.15, 0.2) is 5.96 Å². The maximum atomic E-state index is 12.8. The van der Waals surface area contributed by atoms with E-state index in [0.29, 0.717) is 43.1 Å². The summed E-state index contributed by atoms with van der Waals surface area (Å²) >= 11 is 1.30. The van der Waals surface area contributed by atoms with Crippen molar-refractivity contribution in [3.05, 3.63) is 17.0 Å². The number of unbranched alkanes of at least 4 members (excludes halogenated alkanes) is 3. The Balaban J connectivity index is 1.93. The molecule has 166 valence electrons. The number of rotatable bonds is 11. The molecule has 1 aliphatic heterocycles. The molecule has 1 unspecified atom stereocenters. The summed E-state index contributed by atoms with van der Waals surface area (Å²) in [5.74, 6) is 0.779. The highest BCUT2D eigenvalue weighted by molar-refractivity contribution is 7.91. The lowest BCUT2D eigenvalue weighted by atomic mass is 10.1. The normalized spacial score (nSPS) is 17.3. The van der Waals surface area contributed by atoms with Crippen LogP contribution in [0.1, 0.15) is 57.8 Å². The smallest absolute Gasteiger partial charge is 0.252 e. The van der Waals surface area contributed by atoms with Gasteiger partial charge in [-0.05, 0) is 32.4 Å². The SMILES string of the molecule is CCCCCCC(C)NC(=NCc1ccc(S(=O)(=O)N2CCOCC2)s1)NCC. The van der Waals surface area contributed by atoms with Crippen molar-refractivity contribution >= 4 is 27.3 Å². The summed E-state index contributed by atoms with van der Waals surface area (Å²) < 4.78 is 32.6. The summed E-state index contributed by atoms with van der Waals surface area (Å²) in [4.78, 5) is 5.59. The van der Waals surface area contributed by atoms with Crippen molar-refractivity contribution in [2.45, 2.75) is 69.7 Å². The molecular formula is C20H36N4O3S2. The van der Waals surface area contributed by atoms with Crippen LogP contribution in [0.4, 0.5) is 0 Å². The zero-order chi connectivity index (χ0) is 21.1. The third kappa shape index (κ3) is 7.88. The van der Waals surface area contributed by atoms with E-state index in [0.717, 1.165) is 23.8 Å². The number of guanidine groups is 1. The van der Waals surface area contributed by atoms with Gasteiger partial charge in [0.1, 0.15) is 4.21 Å².